The van der Waals surface area contributed by atoms with Crippen molar-refractivity contribution in [1.29, 1.82) is 0 Å². The van der Waals surface area contributed by atoms with Gasteiger partial charge in [0.15, 0.2) is 0 Å². The van der Waals surface area contributed by atoms with Crippen molar-refractivity contribution in [2.75, 3.05) is 14.2 Å². The standard InChI is InChI=1S/C24H24N4O3/c1-16-7-4-5-8-18(16)24-26-21(31-27-24)12-13-22(29)28(2)15-17-10-11-20(30-3)23-19(17)9-6-14-25-23/h4-11,14H,12-13,15H2,1-3H3. The fraction of sp³-hybridized carbons (Fsp3) is 0.250. The molecule has 7 nitrogen and oxygen atoms in total. The van der Waals surface area contributed by atoms with Gasteiger partial charge in [-0.15, -0.1) is 0 Å². The second-order valence-corrected chi connectivity index (χ2v) is 7.40. The number of carbonyl (C=O) groups is 1. The zero-order valence-electron chi connectivity index (χ0n) is 17.8. The Kier molecular flexibility index (Phi) is 5.93. The van der Waals surface area contributed by atoms with Gasteiger partial charge in [-0.1, -0.05) is 41.6 Å². The SMILES string of the molecule is COc1ccc(CN(C)C(=O)CCc2nc(-c3ccccc3C)no2)c2cccnc12. The smallest absolute Gasteiger partial charge is 0.227 e. The molecule has 31 heavy (non-hydrogen) atoms. The van der Waals surface area contributed by atoms with Crippen molar-refractivity contribution in [3.05, 3.63) is 71.7 Å². The molecule has 0 aliphatic heterocycles. The number of aryl methyl sites for hydroxylation is 2. The summed E-state index contributed by atoms with van der Waals surface area (Å²) in [6.07, 6.45) is 2.42. The Labute approximate surface area is 180 Å². The van der Waals surface area contributed by atoms with Crippen LogP contribution < -0.4 is 4.74 Å². The fourth-order valence-electron chi connectivity index (χ4n) is 3.55. The number of amides is 1. The molecule has 0 fully saturated rings. The number of hydrogen-bond acceptors (Lipinski definition) is 6. The van der Waals surface area contributed by atoms with Crippen molar-refractivity contribution >= 4 is 16.8 Å². The molecule has 0 radical (unpaired) electrons. The summed E-state index contributed by atoms with van der Waals surface area (Å²) < 4.78 is 10.7. The molecule has 0 aliphatic carbocycles. The van der Waals surface area contributed by atoms with Gasteiger partial charge in [0.1, 0.15) is 11.3 Å². The molecule has 2 aromatic heterocycles. The zero-order valence-corrected chi connectivity index (χ0v) is 17.8. The van der Waals surface area contributed by atoms with Crippen molar-refractivity contribution in [1.82, 2.24) is 20.0 Å². The Balaban J connectivity index is 1.41. The second-order valence-electron chi connectivity index (χ2n) is 7.40. The van der Waals surface area contributed by atoms with Gasteiger partial charge < -0.3 is 14.2 Å². The first-order valence-electron chi connectivity index (χ1n) is 10.1. The zero-order chi connectivity index (χ0) is 21.8. The molecule has 0 N–H and O–H groups in total. The van der Waals surface area contributed by atoms with E-state index in [0.29, 0.717) is 30.4 Å². The van der Waals surface area contributed by atoms with E-state index in [4.69, 9.17) is 9.26 Å². The fourth-order valence-corrected chi connectivity index (χ4v) is 3.55. The Hall–Kier alpha value is -3.74. The summed E-state index contributed by atoms with van der Waals surface area (Å²) in [7, 11) is 3.42. The minimum absolute atomic E-state index is 0.00324. The lowest BCUT2D eigenvalue weighted by Crippen LogP contribution is -2.26. The second kappa shape index (κ2) is 8.95. The van der Waals surface area contributed by atoms with Gasteiger partial charge in [0.25, 0.3) is 0 Å². The van der Waals surface area contributed by atoms with Crippen LogP contribution in [-0.2, 0) is 17.8 Å². The maximum Gasteiger partial charge on any atom is 0.227 e. The third-order valence-electron chi connectivity index (χ3n) is 5.28. The van der Waals surface area contributed by atoms with Crippen molar-refractivity contribution in [3.8, 4) is 17.1 Å². The number of aromatic nitrogens is 3. The van der Waals surface area contributed by atoms with Crippen LogP contribution in [-0.4, -0.2) is 40.1 Å². The molecule has 0 saturated carbocycles. The highest BCUT2D eigenvalue weighted by Gasteiger charge is 2.16. The van der Waals surface area contributed by atoms with E-state index < -0.39 is 0 Å². The molecule has 2 aromatic carbocycles. The summed E-state index contributed by atoms with van der Waals surface area (Å²) in [5, 5.41) is 5.03. The topological polar surface area (TPSA) is 81.4 Å². The first-order chi connectivity index (χ1) is 15.1. The summed E-state index contributed by atoms with van der Waals surface area (Å²) in [6.45, 7) is 2.48. The quantitative estimate of drug-likeness (QED) is 0.449. The molecule has 4 rings (SSSR count). The molecule has 0 atom stereocenters. The molecule has 158 valence electrons. The van der Waals surface area contributed by atoms with Crippen LogP contribution >= 0.6 is 0 Å². The van der Waals surface area contributed by atoms with Gasteiger partial charge in [0.2, 0.25) is 17.6 Å². The van der Waals surface area contributed by atoms with Crippen LogP contribution in [0.15, 0.2) is 59.3 Å². The van der Waals surface area contributed by atoms with Crippen LogP contribution in [0.4, 0.5) is 0 Å². The van der Waals surface area contributed by atoms with Crippen molar-refractivity contribution < 1.29 is 14.1 Å². The molecule has 4 aromatic rings. The summed E-state index contributed by atoms with van der Waals surface area (Å²) in [6, 6.07) is 15.6. The number of hydrogen-bond donors (Lipinski definition) is 0. The molecule has 0 unspecified atom stereocenters. The Bertz CT molecular complexity index is 1220. The summed E-state index contributed by atoms with van der Waals surface area (Å²) in [4.78, 5) is 23.3. The molecule has 7 heteroatoms. The van der Waals surface area contributed by atoms with Crippen molar-refractivity contribution in [3.63, 3.8) is 0 Å². The van der Waals surface area contributed by atoms with Crippen LogP contribution in [0.25, 0.3) is 22.3 Å². The maximum atomic E-state index is 12.7. The van der Waals surface area contributed by atoms with Crippen LogP contribution in [0, 0.1) is 6.92 Å². The predicted molar refractivity (Wildman–Crippen MR) is 118 cm³/mol. The first-order valence-corrected chi connectivity index (χ1v) is 10.1. The summed E-state index contributed by atoms with van der Waals surface area (Å²) in [5.74, 6) is 1.72. The highest BCUT2D eigenvalue weighted by atomic mass is 16.5. The number of benzene rings is 2. The maximum absolute atomic E-state index is 12.7. The van der Waals surface area contributed by atoms with Crippen LogP contribution in [0.3, 0.4) is 0 Å². The number of rotatable bonds is 7. The minimum atomic E-state index is 0.00324. The Morgan fingerprint density at radius 3 is 2.77 bits per heavy atom. The van der Waals surface area contributed by atoms with Crippen molar-refractivity contribution in [2.45, 2.75) is 26.3 Å². The van der Waals surface area contributed by atoms with E-state index in [9.17, 15) is 4.79 Å². The molecule has 0 bridgehead atoms. The largest absolute Gasteiger partial charge is 0.494 e. The van der Waals surface area contributed by atoms with E-state index in [-0.39, 0.29) is 12.3 Å². The number of carbonyl (C=O) groups excluding carboxylic acids is 1. The minimum Gasteiger partial charge on any atom is -0.494 e. The average Bonchev–Trinajstić information content (AvgIpc) is 3.26. The van der Waals surface area contributed by atoms with Crippen LogP contribution in [0.1, 0.15) is 23.4 Å². The number of pyridine rings is 1. The summed E-state index contributed by atoms with van der Waals surface area (Å²) >= 11 is 0. The van der Waals surface area contributed by atoms with Gasteiger partial charge in [-0.2, -0.15) is 4.98 Å². The molecule has 0 aliphatic rings. The number of fused-ring (bicyclic) bond motifs is 1. The molecule has 1 amide bonds. The Morgan fingerprint density at radius 2 is 1.97 bits per heavy atom. The van der Waals surface area contributed by atoms with Gasteiger partial charge in [0, 0.05) is 43.6 Å². The first kappa shape index (κ1) is 20.5. The third-order valence-corrected chi connectivity index (χ3v) is 5.28. The van der Waals surface area contributed by atoms with E-state index in [2.05, 4.69) is 15.1 Å². The van der Waals surface area contributed by atoms with Crippen molar-refractivity contribution in [2.24, 2.45) is 0 Å². The van der Waals surface area contributed by atoms with E-state index in [1.807, 2.05) is 55.5 Å². The number of ether oxygens (including phenoxy) is 1. The molecule has 0 saturated heterocycles. The van der Waals surface area contributed by atoms with E-state index >= 15 is 0 Å². The van der Waals surface area contributed by atoms with E-state index in [0.717, 1.165) is 27.6 Å². The van der Waals surface area contributed by atoms with E-state index in [1.165, 1.54) is 0 Å². The van der Waals surface area contributed by atoms with Gasteiger partial charge >= 0.3 is 0 Å². The highest BCUT2D eigenvalue weighted by Crippen LogP contribution is 2.27. The van der Waals surface area contributed by atoms with Gasteiger partial charge in [0.05, 0.1) is 7.11 Å². The lowest BCUT2D eigenvalue weighted by atomic mass is 10.1. The van der Waals surface area contributed by atoms with Gasteiger partial charge in [-0.25, -0.2) is 0 Å². The summed E-state index contributed by atoms with van der Waals surface area (Å²) in [5.41, 5.74) is 3.81. The average molecular weight is 416 g/mol. The molecular formula is C24H24N4O3. The third kappa shape index (κ3) is 4.40. The predicted octanol–water partition coefficient (Wildman–Crippen LogP) is 4.19. The molecule has 0 spiro atoms. The molecule has 2 heterocycles. The lowest BCUT2D eigenvalue weighted by molar-refractivity contribution is -0.130. The van der Waals surface area contributed by atoms with Crippen LogP contribution in [0.2, 0.25) is 0 Å². The number of nitrogens with zero attached hydrogens (tertiary/aromatic N) is 4. The normalized spacial score (nSPS) is 10.9. The van der Waals surface area contributed by atoms with Gasteiger partial charge in [-0.3, -0.25) is 9.78 Å². The number of methoxy groups -OCH3 is 1. The monoisotopic (exact) mass is 416 g/mol. The van der Waals surface area contributed by atoms with Crippen LogP contribution in [0.5, 0.6) is 5.75 Å². The van der Waals surface area contributed by atoms with E-state index in [1.54, 1.807) is 25.3 Å². The molecular weight excluding hydrogens is 392 g/mol. The van der Waals surface area contributed by atoms with Gasteiger partial charge in [-0.05, 0) is 30.2 Å². The lowest BCUT2D eigenvalue weighted by Gasteiger charge is -2.18. The highest BCUT2D eigenvalue weighted by molar-refractivity contribution is 5.88. The Morgan fingerprint density at radius 1 is 1.13 bits per heavy atom.